The lowest BCUT2D eigenvalue weighted by molar-refractivity contribution is 0.164. The van der Waals surface area contributed by atoms with E-state index < -0.39 is 0 Å². The molecule has 0 bridgehead atoms. The van der Waals surface area contributed by atoms with Crippen molar-refractivity contribution in [2.24, 2.45) is 11.8 Å². The van der Waals surface area contributed by atoms with Gasteiger partial charge in [0.25, 0.3) is 0 Å². The Kier molecular flexibility index (Phi) is 5.26. The first-order valence-electron chi connectivity index (χ1n) is 7.39. The molecule has 0 aromatic carbocycles. The highest BCUT2D eigenvalue weighted by Gasteiger charge is 2.25. The molecule has 100 valence electrons. The first-order valence-corrected chi connectivity index (χ1v) is 7.39. The third kappa shape index (κ3) is 4.23. The summed E-state index contributed by atoms with van der Waals surface area (Å²) in [5, 5.41) is 3.49. The van der Waals surface area contributed by atoms with Crippen LogP contribution in [0.15, 0.2) is 0 Å². The molecule has 0 aromatic heterocycles. The van der Waals surface area contributed by atoms with E-state index in [1.165, 1.54) is 58.5 Å². The summed E-state index contributed by atoms with van der Waals surface area (Å²) < 4.78 is 0. The molecule has 17 heavy (non-hydrogen) atoms. The van der Waals surface area contributed by atoms with Gasteiger partial charge in [0, 0.05) is 19.6 Å². The van der Waals surface area contributed by atoms with Gasteiger partial charge >= 0.3 is 0 Å². The Morgan fingerprint density at radius 3 is 2.76 bits per heavy atom. The molecule has 2 atom stereocenters. The monoisotopic (exact) mass is 239 g/mol. The summed E-state index contributed by atoms with van der Waals surface area (Å²) in [6.45, 7) is 11.1. The zero-order valence-electron chi connectivity index (χ0n) is 11.6. The molecule has 2 unspecified atom stereocenters. The van der Waals surface area contributed by atoms with E-state index in [0.717, 1.165) is 18.4 Å². The Bertz CT molecular complexity index is 220. The average Bonchev–Trinajstić information content (AvgIpc) is 2.74. The molecule has 3 heteroatoms. The highest BCUT2D eigenvalue weighted by molar-refractivity contribution is 4.81. The smallest absolute Gasteiger partial charge is 0.00224 e. The topological polar surface area (TPSA) is 18.5 Å². The fourth-order valence-corrected chi connectivity index (χ4v) is 3.38. The molecule has 2 aliphatic heterocycles. The summed E-state index contributed by atoms with van der Waals surface area (Å²) in [7, 11) is 2.27. The predicted molar refractivity (Wildman–Crippen MR) is 73.3 cm³/mol. The summed E-state index contributed by atoms with van der Waals surface area (Å²) in [6, 6.07) is 0. The van der Waals surface area contributed by atoms with Crippen LogP contribution < -0.4 is 5.32 Å². The molecule has 0 aromatic rings. The van der Waals surface area contributed by atoms with Crippen LogP contribution in [0.2, 0.25) is 0 Å². The fourth-order valence-electron chi connectivity index (χ4n) is 3.38. The van der Waals surface area contributed by atoms with Crippen molar-refractivity contribution >= 4 is 0 Å². The number of nitrogens with one attached hydrogen (secondary N) is 1. The van der Waals surface area contributed by atoms with E-state index in [4.69, 9.17) is 0 Å². The van der Waals surface area contributed by atoms with Crippen LogP contribution in [-0.2, 0) is 0 Å². The van der Waals surface area contributed by atoms with Crippen molar-refractivity contribution < 1.29 is 0 Å². The first-order chi connectivity index (χ1) is 8.28. The summed E-state index contributed by atoms with van der Waals surface area (Å²) in [6.07, 6.45) is 4.24. The Morgan fingerprint density at radius 1 is 1.12 bits per heavy atom. The van der Waals surface area contributed by atoms with Gasteiger partial charge in [-0.15, -0.1) is 0 Å². The predicted octanol–water partition coefficient (Wildman–Crippen LogP) is 1.26. The third-order valence-electron chi connectivity index (χ3n) is 4.29. The number of hydrogen-bond acceptors (Lipinski definition) is 3. The average molecular weight is 239 g/mol. The molecule has 1 N–H and O–H groups in total. The maximum Gasteiger partial charge on any atom is 0.00224 e. The minimum absolute atomic E-state index is 0.899. The first kappa shape index (κ1) is 13.3. The number of hydrogen-bond donors (Lipinski definition) is 1. The quantitative estimate of drug-likeness (QED) is 0.779. The third-order valence-corrected chi connectivity index (χ3v) is 4.29. The summed E-state index contributed by atoms with van der Waals surface area (Å²) in [5.74, 6) is 1.82. The van der Waals surface area contributed by atoms with Crippen molar-refractivity contribution in [2.75, 3.05) is 52.9 Å². The minimum Gasteiger partial charge on any atom is -0.317 e. The van der Waals surface area contributed by atoms with E-state index in [2.05, 4.69) is 29.1 Å². The fraction of sp³-hybridized carbons (Fsp3) is 1.00. The standard InChI is InChI=1S/C14H29N3/c1-3-15-9-13-6-8-17(11-13)12-14-5-4-7-16(2)10-14/h13-15H,3-12H2,1-2H3. The Hall–Kier alpha value is -0.120. The molecule has 0 radical (unpaired) electrons. The van der Waals surface area contributed by atoms with E-state index in [1.54, 1.807) is 0 Å². The second-order valence-corrected chi connectivity index (χ2v) is 5.99. The van der Waals surface area contributed by atoms with Gasteiger partial charge < -0.3 is 15.1 Å². The van der Waals surface area contributed by atoms with Gasteiger partial charge in [-0.05, 0) is 64.3 Å². The van der Waals surface area contributed by atoms with Crippen LogP contribution in [-0.4, -0.2) is 62.7 Å². The summed E-state index contributed by atoms with van der Waals surface area (Å²) in [4.78, 5) is 5.20. The lowest BCUT2D eigenvalue weighted by Crippen LogP contribution is -2.38. The normalized spacial score (nSPS) is 32.1. The summed E-state index contributed by atoms with van der Waals surface area (Å²) in [5.41, 5.74) is 0. The van der Waals surface area contributed by atoms with Gasteiger partial charge in [-0.25, -0.2) is 0 Å². The molecule has 3 nitrogen and oxygen atoms in total. The van der Waals surface area contributed by atoms with Gasteiger partial charge in [0.2, 0.25) is 0 Å². The van der Waals surface area contributed by atoms with Gasteiger partial charge in [0.05, 0.1) is 0 Å². The van der Waals surface area contributed by atoms with Gasteiger partial charge in [-0.3, -0.25) is 0 Å². The minimum atomic E-state index is 0.899. The largest absolute Gasteiger partial charge is 0.317 e. The van der Waals surface area contributed by atoms with Gasteiger partial charge in [-0.1, -0.05) is 6.92 Å². The summed E-state index contributed by atoms with van der Waals surface area (Å²) >= 11 is 0. The van der Waals surface area contributed by atoms with Crippen molar-refractivity contribution in [3.8, 4) is 0 Å². The van der Waals surface area contributed by atoms with E-state index in [1.807, 2.05) is 0 Å². The molecule has 0 amide bonds. The highest BCUT2D eigenvalue weighted by Crippen LogP contribution is 2.21. The zero-order chi connectivity index (χ0) is 12.1. The van der Waals surface area contributed by atoms with Crippen LogP contribution in [0.25, 0.3) is 0 Å². The van der Waals surface area contributed by atoms with Crippen LogP contribution in [0.5, 0.6) is 0 Å². The second kappa shape index (κ2) is 6.72. The van der Waals surface area contributed by atoms with E-state index >= 15 is 0 Å². The zero-order valence-corrected chi connectivity index (χ0v) is 11.6. The van der Waals surface area contributed by atoms with E-state index in [9.17, 15) is 0 Å². The number of piperidine rings is 1. The lowest BCUT2D eigenvalue weighted by atomic mass is 9.98. The van der Waals surface area contributed by atoms with Crippen LogP contribution in [0.1, 0.15) is 26.2 Å². The number of rotatable bonds is 5. The Balaban J connectivity index is 1.66. The van der Waals surface area contributed by atoms with Crippen LogP contribution in [0, 0.1) is 11.8 Å². The molecule has 2 heterocycles. The van der Waals surface area contributed by atoms with Crippen molar-refractivity contribution in [3.05, 3.63) is 0 Å². The molecule has 0 saturated carbocycles. The molecule has 0 spiro atoms. The SMILES string of the molecule is CCNCC1CCN(CC2CCCN(C)C2)C1. The second-order valence-electron chi connectivity index (χ2n) is 5.99. The van der Waals surface area contributed by atoms with Gasteiger partial charge in [0.15, 0.2) is 0 Å². The van der Waals surface area contributed by atoms with Crippen molar-refractivity contribution in [1.29, 1.82) is 0 Å². The number of likely N-dealkylation sites (tertiary alicyclic amines) is 2. The molecule has 0 aliphatic carbocycles. The molecule has 2 rings (SSSR count). The Morgan fingerprint density at radius 2 is 2.00 bits per heavy atom. The Labute approximate surface area is 107 Å². The molecule has 2 fully saturated rings. The van der Waals surface area contributed by atoms with Crippen LogP contribution in [0.4, 0.5) is 0 Å². The number of nitrogens with zero attached hydrogens (tertiary/aromatic N) is 2. The van der Waals surface area contributed by atoms with Crippen molar-refractivity contribution in [1.82, 2.24) is 15.1 Å². The van der Waals surface area contributed by atoms with Crippen molar-refractivity contribution in [3.63, 3.8) is 0 Å². The van der Waals surface area contributed by atoms with E-state index in [-0.39, 0.29) is 0 Å². The van der Waals surface area contributed by atoms with Crippen LogP contribution in [0.3, 0.4) is 0 Å². The van der Waals surface area contributed by atoms with Gasteiger partial charge in [-0.2, -0.15) is 0 Å². The maximum atomic E-state index is 3.49. The molecule has 2 aliphatic rings. The highest BCUT2D eigenvalue weighted by atomic mass is 15.2. The van der Waals surface area contributed by atoms with Crippen molar-refractivity contribution in [2.45, 2.75) is 26.2 Å². The maximum absolute atomic E-state index is 3.49. The van der Waals surface area contributed by atoms with Crippen LogP contribution >= 0.6 is 0 Å². The molecular formula is C14H29N3. The van der Waals surface area contributed by atoms with Gasteiger partial charge in [0.1, 0.15) is 0 Å². The molecule has 2 saturated heterocycles. The lowest BCUT2D eigenvalue weighted by Gasteiger charge is -2.32. The molecular weight excluding hydrogens is 210 g/mol. The van der Waals surface area contributed by atoms with E-state index in [0.29, 0.717) is 0 Å².